The molecule has 0 aliphatic heterocycles. The molecule has 0 atom stereocenters. The number of hydrogen-bond acceptors (Lipinski definition) is 2. The molecule has 1 amide bonds. The Labute approximate surface area is 161 Å². The molecule has 3 aromatic rings. The van der Waals surface area contributed by atoms with E-state index in [0.717, 1.165) is 11.1 Å². The molecule has 132 valence electrons. The number of benzene rings is 2. The van der Waals surface area contributed by atoms with E-state index in [9.17, 15) is 9.59 Å². The number of carbonyl (C=O) groups is 1. The number of nitrogens with one attached hydrogen (secondary N) is 1. The third-order valence-electron chi connectivity index (χ3n) is 4.01. The van der Waals surface area contributed by atoms with Crippen LogP contribution in [0.5, 0.6) is 0 Å². The maximum Gasteiger partial charge on any atom is 0.263 e. The lowest BCUT2D eigenvalue weighted by molar-refractivity contribution is 0.102. The molecular weight excluding hydrogens is 371 g/mol. The van der Waals surface area contributed by atoms with E-state index in [4.69, 9.17) is 23.2 Å². The van der Waals surface area contributed by atoms with Crippen LogP contribution in [0.1, 0.15) is 21.5 Å². The Morgan fingerprint density at radius 1 is 1.08 bits per heavy atom. The monoisotopic (exact) mass is 386 g/mol. The van der Waals surface area contributed by atoms with Gasteiger partial charge in [0.25, 0.3) is 11.5 Å². The average Bonchev–Trinajstić information content (AvgIpc) is 2.61. The summed E-state index contributed by atoms with van der Waals surface area (Å²) in [6, 6.07) is 15.6. The van der Waals surface area contributed by atoms with E-state index in [1.54, 1.807) is 36.5 Å². The van der Waals surface area contributed by atoms with Gasteiger partial charge in [-0.2, -0.15) is 0 Å². The van der Waals surface area contributed by atoms with Crippen molar-refractivity contribution >= 4 is 34.8 Å². The lowest BCUT2D eigenvalue weighted by atomic mass is 10.1. The highest BCUT2D eigenvalue weighted by molar-refractivity contribution is 6.31. The topological polar surface area (TPSA) is 51.1 Å². The first-order valence-corrected chi connectivity index (χ1v) is 8.71. The van der Waals surface area contributed by atoms with Gasteiger partial charge in [0.05, 0.1) is 6.54 Å². The Kier molecular flexibility index (Phi) is 5.45. The van der Waals surface area contributed by atoms with Crippen LogP contribution in [-0.2, 0) is 6.54 Å². The number of nitrogens with zero attached hydrogens (tertiary/aromatic N) is 1. The van der Waals surface area contributed by atoms with Crippen molar-refractivity contribution in [3.05, 3.63) is 97.9 Å². The Morgan fingerprint density at radius 2 is 1.85 bits per heavy atom. The first kappa shape index (κ1) is 18.2. The fourth-order valence-corrected chi connectivity index (χ4v) is 2.93. The molecule has 0 bridgehead atoms. The van der Waals surface area contributed by atoms with E-state index in [-0.39, 0.29) is 17.7 Å². The molecule has 0 radical (unpaired) electrons. The molecular formula is C20H16Cl2N2O2. The van der Waals surface area contributed by atoms with Gasteiger partial charge in [-0.05, 0) is 48.4 Å². The molecule has 0 aliphatic carbocycles. The van der Waals surface area contributed by atoms with E-state index < -0.39 is 5.91 Å². The van der Waals surface area contributed by atoms with Crippen LogP contribution >= 0.6 is 23.2 Å². The summed E-state index contributed by atoms with van der Waals surface area (Å²) in [6.07, 6.45) is 1.63. The summed E-state index contributed by atoms with van der Waals surface area (Å²) < 4.78 is 1.46. The molecule has 3 rings (SSSR count). The van der Waals surface area contributed by atoms with E-state index >= 15 is 0 Å². The molecule has 2 aromatic carbocycles. The Bertz CT molecular complexity index is 1030. The molecule has 4 nitrogen and oxygen atoms in total. The minimum Gasteiger partial charge on any atom is -0.322 e. The fourth-order valence-electron chi connectivity index (χ4n) is 2.56. The number of carbonyl (C=O) groups excluding carboxylic acids is 1. The van der Waals surface area contributed by atoms with Crippen molar-refractivity contribution in [2.24, 2.45) is 0 Å². The van der Waals surface area contributed by atoms with Crippen molar-refractivity contribution in [3.63, 3.8) is 0 Å². The summed E-state index contributed by atoms with van der Waals surface area (Å²) in [6.45, 7) is 2.14. The number of halogens is 2. The third kappa shape index (κ3) is 3.98. The average molecular weight is 387 g/mol. The molecule has 6 heteroatoms. The fraction of sp³-hybridized carbons (Fsp3) is 0.100. The highest BCUT2D eigenvalue weighted by Crippen LogP contribution is 2.20. The molecule has 0 aliphatic rings. The molecule has 0 fully saturated rings. The molecule has 26 heavy (non-hydrogen) atoms. The Hall–Kier alpha value is -2.56. The summed E-state index contributed by atoms with van der Waals surface area (Å²) in [5, 5.41) is 3.83. The van der Waals surface area contributed by atoms with Crippen molar-refractivity contribution < 1.29 is 4.79 Å². The largest absolute Gasteiger partial charge is 0.322 e. The van der Waals surface area contributed by atoms with Crippen molar-refractivity contribution in [2.45, 2.75) is 13.5 Å². The molecule has 0 saturated heterocycles. The predicted octanol–water partition coefficient (Wildman–Crippen LogP) is 4.76. The first-order valence-electron chi connectivity index (χ1n) is 7.96. The zero-order valence-corrected chi connectivity index (χ0v) is 15.5. The standard InChI is InChI=1S/C20H16Cl2N2O2/c1-13-8-9-15(21)11-18(13)23-19(25)16-6-4-10-24(20(16)26)12-14-5-2-3-7-17(14)22/h2-11H,12H2,1H3,(H,23,25). The maximum absolute atomic E-state index is 12.7. The quantitative estimate of drug-likeness (QED) is 0.702. The molecule has 1 aromatic heterocycles. The second-order valence-electron chi connectivity index (χ2n) is 5.86. The SMILES string of the molecule is Cc1ccc(Cl)cc1NC(=O)c1cccn(Cc2ccccc2Cl)c1=O. The zero-order chi connectivity index (χ0) is 18.7. The number of aromatic nitrogens is 1. The zero-order valence-electron chi connectivity index (χ0n) is 14.0. The van der Waals surface area contributed by atoms with Crippen LogP contribution in [-0.4, -0.2) is 10.5 Å². The summed E-state index contributed by atoms with van der Waals surface area (Å²) in [5.41, 5.74) is 1.90. The summed E-state index contributed by atoms with van der Waals surface area (Å²) >= 11 is 12.1. The maximum atomic E-state index is 12.7. The third-order valence-corrected chi connectivity index (χ3v) is 4.61. The molecule has 1 heterocycles. The smallest absolute Gasteiger partial charge is 0.263 e. The second kappa shape index (κ2) is 7.77. The van der Waals surface area contributed by atoms with Crippen molar-refractivity contribution in [1.82, 2.24) is 4.57 Å². The van der Waals surface area contributed by atoms with Gasteiger partial charge >= 0.3 is 0 Å². The lowest BCUT2D eigenvalue weighted by Gasteiger charge is -2.11. The van der Waals surface area contributed by atoms with Gasteiger partial charge in [-0.1, -0.05) is 47.5 Å². The number of pyridine rings is 1. The number of anilines is 1. The van der Waals surface area contributed by atoms with E-state index in [1.165, 1.54) is 10.6 Å². The summed E-state index contributed by atoms with van der Waals surface area (Å²) in [7, 11) is 0. The van der Waals surface area contributed by atoms with Crippen molar-refractivity contribution in [3.8, 4) is 0 Å². The summed E-state index contributed by atoms with van der Waals surface area (Å²) in [5.74, 6) is -0.478. The van der Waals surface area contributed by atoms with Gasteiger partial charge in [0, 0.05) is 21.9 Å². The number of hydrogen-bond donors (Lipinski definition) is 1. The highest BCUT2D eigenvalue weighted by atomic mass is 35.5. The van der Waals surface area contributed by atoms with Crippen LogP contribution in [0.15, 0.2) is 65.6 Å². The first-order chi connectivity index (χ1) is 12.5. The van der Waals surface area contributed by atoms with Gasteiger partial charge in [-0.15, -0.1) is 0 Å². The van der Waals surface area contributed by atoms with Crippen LogP contribution in [0.3, 0.4) is 0 Å². The van der Waals surface area contributed by atoms with Crippen molar-refractivity contribution in [1.29, 1.82) is 0 Å². The van der Waals surface area contributed by atoms with Gasteiger partial charge in [0.15, 0.2) is 0 Å². The Morgan fingerprint density at radius 3 is 2.62 bits per heavy atom. The van der Waals surface area contributed by atoms with Crippen LogP contribution in [0.2, 0.25) is 10.0 Å². The van der Waals surface area contributed by atoms with E-state index in [1.807, 2.05) is 25.1 Å². The van der Waals surface area contributed by atoms with Gasteiger partial charge in [-0.3, -0.25) is 9.59 Å². The minimum absolute atomic E-state index is 0.0546. The van der Waals surface area contributed by atoms with Gasteiger partial charge in [0.1, 0.15) is 5.56 Å². The normalized spacial score (nSPS) is 10.6. The van der Waals surface area contributed by atoms with Gasteiger partial charge < -0.3 is 9.88 Å². The van der Waals surface area contributed by atoms with E-state index in [2.05, 4.69) is 5.32 Å². The molecule has 0 saturated carbocycles. The summed E-state index contributed by atoms with van der Waals surface area (Å²) in [4.78, 5) is 25.3. The van der Waals surface area contributed by atoms with Gasteiger partial charge in [0.2, 0.25) is 0 Å². The predicted molar refractivity (Wildman–Crippen MR) is 105 cm³/mol. The van der Waals surface area contributed by atoms with Crippen LogP contribution < -0.4 is 10.9 Å². The number of aryl methyl sites for hydroxylation is 1. The minimum atomic E-state index is -0.478. The van der Waals surface area contributed by atoms with Gasteiger partial charge in [-0.25, -0.2) is 0 Å². The number of amides is 1. The molecule has 1 N–H and O–H groups in total. The van der Waals surface area contributed by atoms with E-state index in [0.29, 0.717) is 15.7 Å². The number of rotatable bonds is 4. The highest BCUT2D eigenvalue weighted by Gasteiger charge is 2.14. The molecule has 0 unspecified atom stereocenters. The van der Waals surface area contributed by atoms with Crippen LogP contribution in [0, 0.1) is 6.92 Å². The second-order valence-corrected chi connectivity index (χ2v) is 6.70. The van der Waals surface area contributed by atoms with Crippen LogP contribution in [0.4, 0.5) is 5.69 Å². The van der Waals surface area contributed by atoms with Crippen molar-refractivity contribution in [2.75, 3.05) is 5.32 Å². The Balaban J connectivity index is 1.89. The molecule has 0 spiro atoms. The van der Waals surface area contributed by atoms with Crippen LogP contribution in [0.25, 0.3) is 0 Å². The lowest BCUT2D eigenvalue weighted by Crippen LogP contribution is -2.29.